The van der Waals surface area contributed by atoms with E-state index in [1.807, 2.05) is 21.1 Å². The number of allylic oxidation sites excluding steroid dienone is 2. The van der Waals surface area contributed by atoms with E-state index in [0.717, 1.165) is 38.5 Å². The smallest absolute Gasteiger partial charge is 0.306 e. The zero-order valence-electron chi connectivity index (χ0n) is 54.2. The Morgan fingerprint density at radius 2 is 0.637 bits per heavy atom. The number of esters is 2. The van der Waals surface area contributed by atoms with E-state index in [1.54, 1.807) is 0 Å². The summed E-state index contributed by atoms with van der Waals surface area (Å²) in [5, 5.41) is 11.8. The number of carbonyl (C=O) groups is 3. The van der Waals surface area contributed by atoms with Crippen molar-refractivity contribution in [2.75, 3.05) is 47.5 Å². The molecule has 0 saturated carbocycles. The summed E-state index contributed by atoms with van der Waals surface area (Å²) in [6.07, 6.45) is 73.0. The summed E-state index contributed by atoms with van der Waals surface area (Å²) in [6.45, 7) is 4.83. The molecule has 0 N–H and O–H groups in total. The maximum absolute atomic E-state index is 12.9. The van der Waals surface area contributed by atoms with Crippen molar-refractivity contribution in [3.63, 3.8) is 0 Å². The van der Waals surface area contributed by atoms with Gasteiger partial charge >= 0.3 is 11.9 Å². The quantitative estimate of drug-likeness (QED) is 0.0195. The molecule has 0 spiro atoms. The van der Waals surface area contributed by atoms with E-state index in [1.165, 1.54) is 302 Å². The molecule has 474 valence electrons. The number of hydrogen-bond donors (Lipinski definition) is 0. The molecule has 0 aromatic rings. The van der Waals surface area contributed by atoms with Crippen LogP contribution in [0.25, 0.3) is 0 Å². The van der Waals surface area contributed by atoms with Crippen LogP contribution in [0, 0.1) is 0 Å². The normalized spacial score (nSPS) is 12.7. The average molecular weight is 1130 g/mol. The third-order valence-corrected chi connectivity index (χ3v) is 16.3. The van der Waals surface area contributed by atoms with Crippen molar-refractivity contribution < 1.29 is 42.9 Å². The second-order valence-electron chi connectivity index (χ2n) is 25.5. The van der Waals surface area contributed by atoms with Crippen LogP contribution >= 0.6 is 0 Å². The number of nitrogens with zero attached hydrogens (tertiary/aromatic N) is 1. The molecule has 2 atom stereocenters. The predicted molar refractivity (Wildman–Crippen MR) is 339 cm³/mol. The van der Waals surface area contributed by atoms with Gasteiger partial charge in [-0.15, -0.1) is 0 Å². The highest BCUT2D eigenvalue weighted by atomic mass is 16.7. The second kappa shape index (κ2) is 63.1. The minimum absolute atomic E-state index is 0.152. The van der Waals surface area contributed by atoms with Crippen molar-refractivity contribution in [2.24, 2.45) is 0 Å². The zero-order valence-corrected chi connectivity index (χ0v) is 54.2. The van der Waals surface area contributed by atoms with E-state index >= 15 is 0 Å². The van der Waals surface area contributed by atoms with E-state index in [2.05, 4.69) is 26.0 Å². The first-order chi connectivity index (χ1) is 39.1. The third kappa shape index (κ3) is 63.6. The number of rotatable bonds is 67. The Labute approximate surface area is 497 Å². The number of aliphatic carboxylic acids is 1. The van der Waals surface area contributed by atoms with Crippen molar-refractivity contribution in [1.82, 2.24) is 0 Å². The zero-order chi connectivity index (χ0) is 58.3. The van der Waals surface area contributed by atoms with Crippen LogP contribution < -0.4 is 5.11 Å². The minimum Gasteiger partial charge on any atom is -0.545 e. The molecular weight excluding hydrogens is 995 g/mol. The lowest BCUT2D eigenvalue weighted by Crippen LogP contribution is -2.44. The van der Waals surface area contributed by atoms with Gasteiger partial charge in [0.1, 0.15) is 13.2 Å². The molecule has 0 heterocycles. The Balaban J connectivity index is 4.04. The van der Waals surface area contributed by atoms with Gasteiger partial charge in [0.25, 0.3) is 0 Å². The van der Waals surface area contributed by atoms with Crippen LogP contribution in [0.1, 0.15) is 367 Å². The number of hydrogen-bond acceptors (Lipinski definition) is 8. The van der Waals surface area contributed by atoms with Gasteiger partial charge in [-0.3, -0.25) is 9.59 Å². The lowest BCUT2D eigenvalue weighted by atomic mass is 10.0. The lowest BCUT2D eigenvalue weighted by Gasteiger charge is -2.26. The Bertz CT molecular complexity index is 1320. The van der Waals surface area contributed by atoms with Crippen LogP contribution in [-0.2, 0) is 33.3 Å². The number of quaternary nitrogens is 1. The SMILES string of the molecule is CCCCCCCCCC/C=C\CCCCCCCCCCCCCCCC(=O)OC(COC(=O)CCCCCCCCCCCCCCCCCCCCCCCCCCCCCCCC)COC(OCC[N+](C)(C)C)C(=O)[O-]. The van der Waals surface area contributed by atoms with Gasteiger partial charge in [0.2, 0.25) is 0 Å². The summed E-state index contributed by atoms with van der Waals surface area (Å²) in [7, 11) is 5.95. The van der Waals surface area contributed by atoms with Gasteiger partial charge in [-0.1, -0.05) is 328 Å². The molecule has 0 aliphatic rings. The first-order valence-corrected chi connectivity index (χ1v) is 35.3. The van der Waals surface area contributed by atoms with Crippen molar-refractivity contribution in [1.29, 1.82) is 0 Å². The molecular formula is C71H137NO8. The molecule has 0 aliphatic heterocycles. The number of carbonyl (C=O) groups excluding carboxylic acids is 3. The summed E-state index contributed by atoms with van der Waals surface area (Å²) < 4.78 is 22.8. The Hall–Kier alpha value is -1.97. The van der Waals surface area contributed by atoms with Crippen molar-refractivity contribution in [2.45, 2.75) is 379 Å². The first-order valence-electron chi connectivity index (χ1n) is 35.3. The largest absolute Gasteiger partial charge is 0.545 e. The highest BCUT2D eigenvalue weighted by Gasteiger charge is 2.22. The highest BCUT2D eigenvalue weighted by Crippen LogP contribution is 2.19. The minimum atomic E-state index is -1.62. The van der Waals surface area contributed by atoms with Gasteiger partial charge in [0, 0.05) is 12.8 Å². The number of carboxylic acid groups (broad SMARTS) is 1. The molecule has 9 nitrogen and oxygen atoms in total. The Kier molecular flexibility index (Phi) is 61.5. The molecule has 0 bridgehead atoms. The maximum Gasteiger partial charge on any atom is 0.306 e. The number of carboxylic acids is 1. The standard InChI is InChI=1S/C71H137NO8/c1-6-8-10-12-14-16-18-20-22-24-26-28-30-32-33-34-35-36-38-39-41-43-45-47-49-51-53-55-57-59-61-68(73)78-65-67(66-79-71(70(75)76)77-64-63-72(3,4)5)80-69(74)62-60-58-56-54-52-50-48-46-44-42-40-37-31-29-27-25-23-21-19-17-15-13-11-9-7-2/h25,27,67,71H,6-24,26,28-66H2,1-5H3/b27-25-. The van der Waals surface area contributed by atoms with Crippen LogP contribution in [0.5, 0.6) is 0 Å². The van der Waals surface area contributed by atoms with E-state index < -0.39 is 24.3 Å². The van der Waals surface area contributed by atoms with Crippen LogP contribution in [0.2, 0.25) is 0 Å². The average Bonchev–Trinajstić information content (AvgIpc) is 3.43. The van der Waals surface area contributed by atoms with E-state index in [4.69, 9.17) is 18.9 Å². The summed E-state index contributed by atoms with van der Waals surface area (Å²) >= 11 is 0. The Morgan fingerprint density at radius 1 is 0.362 bits per heavy atom. The fourth-order valence-corrected chi connectivity index (χ4v) is 10.8. The van der Waals surface area contributed by atoms with Crippen molar-refractivity contribution in [3.8, 4) is 0 Å². The second-order valence-corrected chi connectivity index (χ2v) is 25.5. The third-order valence-electron chi connectivity index (χ3n) is 16.3. The van der Waals surface area contributed by atoms with Crippen LogP contribution in [0.3, 0.4) is 0 Å². The lowest BCUT2D eigenvalue weighted by molar-refractivity contribution is -0.870. The highest BCUT2D eigenvalue weighted by molar-refractivity contribution is 5.70. The molecule has 0 fully saturated rings. The molecule has 9 heteroatoms. The van der Waals surface area contributed by atoms with Gasteiger partial charge in [0.05, 0.1) is 40.3 Å². The summed E-state index contributed by atoms with van der Waals surface area (Å²) in [4.78, 5) is 37.5. The monoisotopic (exact) mass is 1130 g/mol. The molecule has 0 aromatic carbocycles. The van der Waals surface area contributed by atoms with Gasteiger partial charge in [-0.25, -0.2) is 0 Å². The van der Waals surface area contributed by atoms with Crippen LogP contribution in [0.15, 0.2) is 12.2 Å². The molecule has 0 radical (unpaired) electrons. The fraction of sp³-hybridized carbons (Fsp3) is 0.930. The van der Waals surface area contributed by atoms with Gasteiger partial charge in [-0.05, 0) is 38.5 Å². The van der Waals surface area contributed by atoms with Crippen LogP contribution in [-0.4, -0.2) is 82.3 Å². The number of ether oxygens (including phenoxy) is 4. The molecule has 0 rings (SSSR count). The maximum atomic E-state index is 12.9. The molecule has 2 unspecified atom stereocenters. The Morgan fingerprint density at radius 3 is 0.925 bits per heavy atom. The van der Waals surface area contributed by atoms with Crippen molar-refractivity contribution in [3.05, 3.63) is 12.2 Å². The van der Waals surface area contributed by atoms with Gasteiger partial charge in [-0.2, -0.15) is 0 Å². The molecule has 0 saturated heterocycles. The molecule has 80 heavy (non-hydrogen) atoms. The fourth-order valence-electron chi connectivity index (χ4n) is 10.8. The summed E-state index contributed by atoms with van der Waals surface area (Å²) in [6, 6.07) is 0. The van der Waals surface area contributed by atoms with E-state index in [9.17, 15) is 19.5 Å². The van der Waals surface area contributed by atoms with Gasteiger partial charge in [0.15, 0.2) is 12.4 Å². The molecule has 0 amide bonds. The van der Waals surface area contributed by atoms with Crippen LogP contribution in [0.4, 0.5) is 0 Å². The predicted octanol–water partition coefficient (Wildman–Crippen LogP) is 20.3. The van der Waals surface area contributed by atoms with E-state index in [-0.39, 0.29) is 32.2 Å². The molecule has 0 aromatic heterocycles. The topological polar surface area (TPSA) is 111 Å². The van der Waals surface area contributed by atoms with Gasteiger partial charge < -0.3 is 33.3 Å². The molecule has 0 aliphatic carbocycles. The first kappa shape index (κ1) is 78.0. The van der Waals surface area contributed by atoms with Crippen molar-refractivity contribution >= 4 is 17.9 Å². The number of likely N-dealkylation sites (N-methyl/N-ethyl adjacent to an activating group) is 1. The summed E-state index contributed by atoms with van der Waals surface area (Å²) in [5.41, 5.74) is 0. The number of unbranched alkanes of at least 4 members (excludes halogenated alkanes) is 50. The summed E-state index contributed by atoms with van der Waals surface area (Å²) in [5.74, 6) is -2.25. The van der Waals surface area contributed by atoms with E-state index in [0.29, 0.717) is 17.4 Å².